The molecule has 4 heterocycles. The lowest BCUT2D eigenvalue weighted by atomic mass is 9.98. The second-order valence-electron chi connectivity index (χ2n) is 14.0. The summed E-state index contributed by atoms with van der Waals surface area (Å²) in [5.41, 5.74) is 3.24. The summed E-state index contributed by atoms with van der Waals surface area (Å²) in [5.74, 6) is -2.46. The van der Waals surface area contributed by atoms with Gasteiger partial charge in [0.25, 0.3) is 17.7 Å². The molecular weight excluding hydrogens is 650 g/mol. The number of nitrogens with zero attached hydrogens (tertiary/aromatic N) is 8. The van der Waals surface area contributed by atoms with Crippen molar-refractivity contribution in [2.24, 2.45) is 5.92 Å². The molecule has 3 fully saturated rings. The largest absolute Gasteiger partial charge is 0.338 e. The number of benzene rings is 2. The third-order valence-corrected chi connectivity index (χ3v) is 10.2. The van der Waals surface area contributed by atoms with Crippen molar-refractivity contribution in [1.29, 1.82) is 0 Å². The Kier molecular flexibility index (Phi) is 9.27. The number of carbonyl (C=O) groups is 2. The van der Waals surface area contributed by atoms with E-state index in [1.807, 2.05) is 34.1 Å². The lowest BCUT2D eigenvalue weighted by molar-refractivity contribution is 0.0392. The molecule has 0 spiro atoms. The summed E-state index contributed by atoms with van der Waals surface area (Å²) in [4.78, 5) is 33.8. The Balaban J connectivity index is 0.971. The van der Waals surface area contributed by atoms with Crippen molar-refractivity contribution >= 4 is 23.4 Å². The maximum Gasteiger partial charge on any atom is 0.272 e. The first-order chi connectivity index (χ1) is 23.6. The molecule has 0 bridgehead atoms. The molecule has 1 saturated carbocycles. The van der Waals surface area contributed by atoms with E-state index in [4.69, 9.17) is 11.6 Å². The summed E-state index contributed by atoms with van der Waals surface area (Å²) in [5, 5.41) is 13.4. The smallest absolute Gasteiger partial charge is 0.272 e. The summed E-state index contributed by atoms with van der Waals surface area (Å²) in [7, 11) is 0. The summed E-state index contributed by atoms with van der Waals surface area (Å²) >= 11 is 6.08. The number of piperazine rings is 1. The number of alkyl halides is 2. The summed E-state index contributed by atoms with van der Waals surface area (Å²) in [6.07, 6.45) is 5.29. The number of aromatic nitrogens is 5. The van der Waals surface area contributed by atoms with Crippen LogP contribution in [-0.4, -0.2) is 96.0 Å². The van der Waals surface area contributed by atoms with Crippen LogP contribution in [0.25, 0.3) is 11.4 Å². The van der Waals surface area contributed by atoms with Gasteiger partial charge in [0.05, 0.1) is 17.9 Å². The lowest BCUT2D eigenvalue weighted by Crippen LogP contribution is -2.55. The van der Waals surface area contributed by atoms with Crippen LogP contribution in [0.2, 0.25) is 5.02 Å². The van der Waals surface area contributed by atoms with Gasteiger partial charge in [-0.1, -0.05) is 48.9 Å². The van der Waals surface area contributed by atoms with Crippen LogP contribution < -0.4 is 0 Å². The van der Waals surface area contributed by atoms with E-state index in [9.17, 15) is 18.4 Å². The molecule has 0 N–H and O–H groups in total. The fourth-order valence-corrected chi connectivity index (χ4v) is 7.32. The molecule has 49 heavy (non-hydrogen) atoms. The standard InChI is InChI=1S/C36H41ClF2N8O2/c1-24(2)18-30-22-43(21-25-6-8-28(37)9-7-25)16-17-45(30)35(49)27-5-3-4-26(19-27)34(48)44-14-11-29(12-15-44)46-23-31(41-42-46)32-10-13-40-47(32)33-20-36(33,38)39/h3-10,13,19,23-24,29-30,33H,11-12,14-18,20-22H2,1-2H3. The van der Waals surface area contributed by atoms with E-state index < -0.39 is 12.0 Å². The molecule has 13 heteroatoms. The quantitative estimate of drug-likeness (QED) is 0.207. The van der Waals surface area contributed by atoms with Gasteiger partial charge in [0, 0.05) is 74.1 Å². The Bertz CT molecular complexity index is 1800. The zero-order chi connectivity index (χ0) is 34.3. The van der Waals surface area contributed by atoms with Crippen LogP contribution in [-0.2, 0) is 6.54 Å². The van der Waals surface area contributed by atoms with E-state index in [1.54, 1.807) is 41.2 Å². The molecule has 2 aromatic heterocycles. The maximum absolute atomic E-state index is 13.9. The monoisotopic (exact) mass is 690 g/mol. The molecule has 258 valence electrons. The highest BCUT2D eigenvalue weighted by molar-refractivity contribution is 6.30. The van der Waals surface area contributed by atoms with Crippen molar-refractivity contribution < 1.29 is 18.4 Å². The number of likely N-dealkylation sites (tertiary alicyclic amines) is 1. The zero-order valence-electron chi connectivity index (χ0n) is 27.8. The molecule has 3 aliphatic rings. The molecule has 1 aliphatic carbocycles. The summed E-state index contributed by atoms with van der Waals surface area (Å²) < 4.78 is 30.5. The number of rotatable bonds is 9. The second-order valence-corrected chi connectivity index (χ2v) is 14.4. The number of amides is 2. The normalized spacial score (nSPS) is 21.3. The fourth-order valence-electron chi connectivity index (χ4n) is 7.19. The van der Waals surface area contributed by atoms with Crippen molar-refractivity contribution in [3.05, 3.63) is 88.7 Å². The summed E-state index contributed by atoms with van der Waals surface area (Å²) in [6.45, 7) is 8.38. The van der Waals surface area contributed by atoms with Gasteiger partial charge in [0.2, 0.25) is 0 Å². The van der Waals surface area contributed by atoms with Gasteiger partial charge in [-0.25, -0.2) is 13.5 Å². The fraction of sp³-hybridized carbons (Fsp3) is 0.472. The van der Waals surface area contributed by atoms with Crippen LogP contribution in [0.3, 0.4) is 0 Å². The Morgan fingerprint density at radius 1 is 0.980 bits per heavy atom. The molecule has 2 aliphatic heterocycles. The molecular formula is C36H41ClF2N8O2. The number of hydrogen-bond acceptors (Lipinski definition) is 6. The highest BCUT2D eigenvalue weighted by Gasteiger charge is 2.59. The van der Waals surface area contributed by atoms with Crippen molar-refractivity contribution in [1.82, 2.24) is 39.5 Å². The first-order valence-corrected chi connectivity index (χ1v) is 17.4. The van der Waals surface area contributed by atoms with E-state index in [1.165, 1.54) is 16.4 Å². The van der Waals surface area contributed by atoms with Crippen molar-refractivity contribution in [3.63, 3.8) is 0 Å². The van der Waals surface area contributed by atoms with Gasteiger partial charge in [0.1, 0.15) is 11.7 Å². The van der Waals surface area contributed by atoms with E-state index in [0.29, 0.717) is 60.9 Å². The second kappa shape index (κ2) is 13.6. The van der Waals surface area contributed by atoms with E-state index in [2.05, 4.69) is 34.2 Å². The van der Waals surface area contributed by atoms with Crippen molar-refractivity contribution in [2.75, 3.05) is 32.7 Å². The van der Waals surface area contributed by atoms with Crippen molar-refractivity contribution in [2.45, 2.75) is 70.1 Å². The zero-order valence-corrected chi connectivity index (χ0v) is 28.5. The predicted octanol–water partition coefficient (Wildman–Crippen LogP) is 6.23. The Morgan fingerprint density at radius 2 is 1.69 bits per heavy atom. The molecule has 7 rings (SSSR count). The Morgan fingerprint density at radius 3 is 2.39 bits per heavy atom. The van der Waals surface area contributed by atoms with Crippen LogP contribution in [0.1, 0.15) is 77.9 Å². The van der Waals surface area contributed by atoms with Gasteiger partial charge >= 0.3 is 0 Å². The molecule has 2 atom stereocenters. The SMILES string of the molecule is CC(C)CC1CN(Cc2ccc(Cl)cc2)CCN1C(=O)c1cccc(C(=O)N2CCC(n3cc(-c4ccnn4C4CC4(F)F)nn3)CC2)c1. The van der Waals surface area contributed by atoms with Gasteiger partial charge in [-0.15, -0.1) is 5.10 Å². The Hall–Kier alpha value is -4.16. The minimum Gasteiger partial charge on any atom is -0.338 e. The van der Waals surface area contributed by atoms with E-state index in [0.717, 1.165) is 31.1 Å². The topological polar surface area (TPSA) is 92.4 Å². The van der Waals surface area contributed by atoms with Crippen LogP contribution in [0.4, 0.5) is 8.78 Å². The minimum atomic E-state index is -2.74. The predicted molar refractivity (Wildman–Crippen MR) is 181 cm³/mol. The van der Waals surface area contributed by atoms with E-state index in [-0.39, 0.29) is 30.3 Å². The number of carbonyl (C=O) groups excluding carboxylic acids is 2. The lowest BCUT2D eigenvalue weighted by Gasteiger charge is -2.42. The maximum atomic E-state index is 13.9. The molecule has 4 aromatic rings. The highest BCUT2D eigenvalue weighted by atomic mass is 35.5. The van der Waals surface area contributed by atoms with Crippen LogP contribution in [0.5, 0.6) is 0 Å². The van der Waals surface area contributed by atoms with Gasteiger partial charge in [-0.3, -0.25) is 19.2 Å². The van der Waals surface area contributed by atoms with Crippen LogP contribution in [0.15, 0.2) is 67.0 Å². The highest BCUT2D eigenvalue weighted by Crippen LogP contribution is 2.53. The van der Waals surface area contributed by atoms with Gasteiger partial charge in [-0.05, 0) is 67.1 Å². The number of hydrogen-bond donors (Lipinski definition) is 0. The number of halogens is 3. The van der Waals surface area contributed by atoms with E-state index >= 15 is 0 Å². The van der Waals surface area contributed by atoms with Crippen molar-refractivity contribution in [3.8, 4) is 11.4 Å². The van der Waals surface area contributed by atoms with Gasteiger partial charge < -0.3 is 9.80 Å². The average molecular weight is 691 g/mol. The van der Waals surface area contributed by atoms with Gasteiger partial charge in [0.15, 0.2) is 0 Å². The molecule has 0 radical (unpaired) electrons. The first kappa shape index (κ1) is 33.3. The Labute approximate surface area is 289 Å². The molecule has 10 nitrogen and oxygen atoms in total. The summed E-state index contributed by atoms with van der Waals surface area (Å²) in [6, 6.07) is 15.8. The molecule has 2 amide bonds. The average Bonchev–Trinajstić information content (AvgIpc) is 3.45. The molecule has 2 saturated heterocycles. The van der Waals surface area contributed by atoms with Crippen LogP contribution in [0, 0.1) is 5.92 Å². The van der Waals surface area contributed by atoms with Crippen LogP contribution >= 0.6 is 11.6 Å². The third-order valence-electron chi connectivity index (χ3n) is 9.90. The number of piperidine rings is 1. The molecule has 2 aromatic carbocycles. The first-order valence-electron chi connectivity index (χ1n) is 17.1. The van der Waals surface area contributed by atoms with Gasteiger partial charge in [-0.2, -0.15) is 5.10 Å². The molecule has 2 unspecified atom stereocenters. The third kappa shape index (κ3) is 7.26. The minimum absolute atomic E-state index is 0.0215.